The van der Waals surface area contributed by atoms with Crippen molar-refractivity contribution in [3.63, 3.8) is 0 Å². The van der Waals surface area contributed by atoms with E-state index in [1.165, 1.54) is 19.3 Å². The summed E-state index contributed by atoms with van der Waals surface area (Å²) >= 11 is 0. The summed E-state index contributed by atoms with van der Waals surface area (Å²) in [7, 11) is -2.74. The van der Waals surface area contributed by atoms with Crippen molar-refractivity contribution in [3.8, 4) is 0 Å². The molecule has 0 amide bonds. The molecule has 1 saturated carbocycles. The summed E-state index contributed by atoms with van der Waals surface area (Å²) in [6.07, 6.45) is 5.72. The molecule has 1 N–H and O–H groups in total. The van der Waals surface area contributed by atoms with Gasteiger partial charge in [0.15, 0.2) is 9.84 Å². The Bertz CT molecular complexity index is 282. The summed E-state index contributed by atoms with van der Waals surface area (Å²) in [4.78, 5) is 0. The van der Waals surface area contributed by atoms with Crippen LogP contribution in [0.4, 0.5) is 0 Å². The third kappa shape index (κ3) is 2.28. The van der Waals surface area contributed by atoms with Crippen molar-refractivity contribution in [2.24, 2.45) is 5.92 Å². The Morgan fingerprint density at radius 3 is 2.36 bits per heavy atom. The summed E-state index contributed by atoms with van der Waals surface area (Å²) in [5.41, 5.74) is 0. The van der Waals surface area contributed by atoms with Gasteiger partial charge in [0.1, 0.15) is 0 Å². The molecule has 82 valence electrons. The van der Waals surface area contributed by atoms with Crippen LogP contribution in [0.5, 0.6) is 0 Å². The third-order valence-electron chi connectivity index (χ3n) is 3.49. The molecule has 2 aliphatic rings. The Labute approximate surface area is 86.2 Å². The predicted octanol–water partition coefficient (Wildman–Crippen LogP) is 0.953. The van der Waals surface area contributed by atoms with Crippen LogP contribution in [0.15, 0.2) is 0 Å². The van der Waals surface area contributed by atoms with Gasteiger partial charge in [0, 0.05) is 6.54 Å². The second kappa shape index (κ2) is 4.19. The minimum absolute atomic E-state index is 0.0948. The molecule has 2 fully saturated rings. The predicted molar refractivity (Wildman–Crippen MR) is 57.0 cm³/mol. The molecular formula is C10H19NO2S. The molecule has 1 aliphatic heterocycles. The van der Waals surface area contributed by atoms with Crippen molar-refractivity contribution < 1.29 is 8.42 Å². The fourth-order valence-electron chi connectivity index (χ4n) is 2.23. The summed E-state index contributed by atoms with van der Waals surface area (Å²) < 4.78 is 23.0. The molecule has 1 saturated heterocycles. The van der Waals surface area contributed by atoms with E-state index in [9.17, 15) is 8.42 Å². The smallest absolute Gasteiger partial charge is 0.154 e. The zero-order valence-electron chi connectivity index (χ0n) is 8.54. The lowest BCUT2D eigenvalue weighted by Crippen LogP contribution is -2.35. The molecule has 0 aromatic heterocycles. The first-order chi connectivity index (χ1) is 6.68. The second-order valence-corrected chi connectivity index (χ2v) is 6.99. The first-order valence-corrected chi connectivity index (χ1v) is 7.32. The topological polar surface area (TPSA) is 46.2 Å². The van der Waals surface area contributed by atoms with Crippen LogP contribution >= 0.6 is 0 Å². The van der Waals surface area contributed by atoms with Crippen LogP contribution < -0.4 is 5.32 Å². The summed E-state index contributed by atoms with van der Waals surface area (Å²) in [5.74, 6) is 1.22. The minimum atomic E-state index is -2.74. The van der Waals surface area contributed by atoms with E-state index in [1.54, 1.807) is 0 Å². The van der Waals surface area contributed by atoms with E-state index in [-0.39, 0.29) is 5.25 Å². The zero-order chi connectivity index (χ0) is 10.0. The van der Waals surface area contributed by atoms with Crippen molar-refractivity contribution in [2.45, 2.75) is 37.4 Å². The number of nitrogens with one attached hydrogen (secondary N) is 1. The van der Waals surface area contributed by atoms with Gasteiger partial charge in [-0.3, -0.25) is 0 Å². The Kier molecular flexibility index (Phi) is 3.12. The molecule has 0 radical (unpaired) electrons. The van der Waals surface area contributed by atoms with Gasteiger partial charge in [0.05, 0.1) is 11.0 Å². The van der Waals surface area contributed by atoms with Crippen LogP contribution in [0.3, 0.4) is 0 Å². The van der Waals surface area contributed by atoms with Gasteiger partial charge in [-0.25, -0.2) is 8.42 Å². The summed E-state index contributed by atoms with van der Waals surface area (Å²) in [5, 5.41) is 3.21. The molecule has 0 aromatic rings. The molecule has 1 aliphatic carbocycles. The molecule has 0 bridgehead atoms. The maximum absolute atomic E-state index is 11.5. The van der Waals surface area contributed by atoms with Crippen molar-refractivity contribution in [1.82, 2.24) is 5.32 Å². The van der Waals surface area contributed by atoms with E-state index in [0.717, 1.165) is 25.3 Å². The van der Waals surface area contributed by atoms with Crippen LogP contribution in [-0.4, -0.2) is 32.5 Å². The van der Waals surface area contributed by atoms with E-state index >= 15 is 0 Å². The highest BCUT2D eigenvalue weighted by Crippen LogP contribution is 2.25. The largest absolute Gasteiger partial charge is 0.315 e. The highest BCUT2D eigenvalue weighted by molar-refractivity contribution is 7.92. The molecular weight excluding hydrogens is 198 g/mol. The molecule has 14 heavy (non-hydrogen) atoms. The van der Waals surface area contributed by atoms with E-state index in [0.29, 0.717) is 12.3 Å². The van der Waals surface area contributed by atoms with Gasteiger partial charge in [0.2, 0.25) is 0 Å². The zero-order valence-corrected chi connectivity index (χ0v) is 9.35. The fraction of sp³-hybridized carbons (Fsp3) is 1.00. The van der Waals surface area contributed by atoms with E-state index < -0.39 is 9.84 Å². The van der Waals surface area contributed by atoms with Crippen LogP contribution in [0.2, 0.25) is 0 Å². The molecule has 1 heterocycles. The van der Waals surface area contributed by atoms with Gasteiger partial charge < -0.3 is 5.32 Å². The normalized spacial score (nSPS) is 31.6. The quantitative estimate of drug-likeness (QED) is 0.762. The molecule has 0 spiro atoms. The van der Waals surface area contributed by atoms with Gasteiger partial charge in [-0.05, 0) is 38.1 Å². The van der Waals surface area contributed by atoms with Gasteiger partial charge in [-0.2, -0.15) is 0 Å². The van der Waals surface area contributed by atoms with E-state index in [4.69, 9.17) is 0 Å². The van der Waals surface area contributed by atoms with Crippen molar-refractivity contribution in [3.05, 3.63) is 0 Å². The van der Waals surface area contributed by atoms with Gasteiger partial charge >= 0.3 is 0 Å². The SMILES string of the molecule is O=S1(=O)CCCC1CNCC1CCC1. The number of rotatable bonds is 4. The van der Waals surface area contributed by atoms with Crippen molar-refractivity contribution in [2.75, 3.05) is 18.8 Å². The first-order valence-electron chi connectivity index (χ1n) is 5.61. The minimum Gasteiger partial charge on any atom is -0.315 e. The Hall–Kier alpha value is -0.0900. The van der Waals surface area contributed by atoms with Crippen LogP contribution in [0.25, 0.3) is 0 Å². The standard InChI is InChI=1S/C10H19NO2S/c12-14(13)6-2-5-10(14)8-11-7-9-3-1-4-9/h9-11H,1-8H2. The highest BCUT2D eigenvalue weighted by Gasteiger charge is 2.30. The highest BCUT2D eigenvalue weighted by atomic mass is 32.2. The Morgan fingerprint density at radius 1 is 1.07 bits per heavy atom. The molecule has 0 aromatic carbocycles. The maximum Gasteiger partial charge on any atom is 0.154 e. The molecule has 1 unspecified atom stereocenters. The monoisotopic (exact) mass is 217 g/mol. The van der Waals surface area contributed by atoms with Crippen LogP contribution in [-0.2, 0) is 9.84 Å². The molecule has 3 nitrogen and oxygen atoms in total. The Balaban J connectivity index is 1.69. The maximum atomic E-state index is 11.5. The average Bonchev–Trinajstić information content (AvgIpc) is 2.36. The lowest BCUT2D eigenvalue weighted by molar-refractivity contribution is 0.302. The third-order valence-corrected chi connectivity index (χ3v) is 5.77. The fourth-order valence-corrected chi connectivity index (χ4v) is 4.03. The average molecular weight is 217 g/mol. The Morgan fingerprint density at radius 2 is 1.86 bits per heavy atom. The van der Waals surface area contributed by atoms with Crippen LogP contribution in [0, 0.1) is 5.92 Å². The molecule has 1 atom stereocenters. The van der Waals surface area contributed by atoms with Gasteiger partial charge in [0.25, 0.3) is 0 Å². The van der Waals surface area contributed by atoms with E-state index in [1.807, 2.05) is 0 Å². The lowest BCUT2D eigenvalue weighted by atomic mass is 9.85. The second-order valence-electron chi connectivity index (χ2n) is 4.59. The van der Waals surface area contributed by atoms with Crippen LogP contribution in [0.1, 0.15) is 32.1 Å². The van der Waals surface area contributed by atoms with E-state index in [2.05, 4.69) is 5.32 Å². The summed E-state index contributed by atoms with van der Waals surface area (Å²) in [6, 6.07) is 0. The molecule has 4 heteroatoms. The van der Waals surface area contributed by atoms with Gasteiger partial charge in [-0.1, -0.05) is 6.42 Å². The number of sulfone groups is 1. The van der Waals surface area contributed by atoms with Gasteiger partial charge in [-0.15, -0.1) is 0 Å². The number of hydrogen-bond donors (Lipinski definition) is 1. The first kappa shape index (κ1) is 10.4. The van der Waals surface area contributed by atoms with Crippen molar-refractivity contribution in [1.29, 1.82) is 0 Å². The molecule has 2 rings (SSSR count). The summed E-state index contributed by atoms with van der Waals surface area (Å²) in [6.45, 7) is 1.70. The van der Waals surface area contributed by atoms with Crippen molar-refractivity contribution >= 4 is 9.84 Å². The number of hydrogen-bond acceptors (Lipinski definition) is 3. The lowest BCUT2D eigenvalue weighted by Gasteiger charge is -2.26.